The van der Waals surface area contributed by atoms with Crippen LogP contribution in [0.4, 0.5) is 0 Å². The number of rotatable bonds is 4. The van der Waals surface area contributed by atoms with Gasteiger partial charge in [-0.05, 0) is 55.4 Å². The molecule has 1 saturated carbocycles. The predicted octanol–water partition coefficient (Wildman–Crippen LogP) is 2.13. The van der Waals surface area contributed by atoms with Gasteiger partial charge < -0.3 is 15.5 Å². The zero-order valence-corrected chi connectivity index (χ0v) is 10.7. The molecule has 0 spiro atoms. The van der Waals surface area contributed by atoms with Crippen LogP contribution in [0.5, 0.6) is 5.75 Å². The van der Waals surface area contributed by atoms with Crippen LogP contribution in [-0.2, 0) is 6.42 Å². The number of hydrogen-bond donors (Lipinski definition) is 3. The normalized spacial score (nSPS) is 24.6. The molecule has 3 rings (SSSR count). The van der Waals surface area contributed by atoms with Gasteiger partial charge in [0.25, 0.3) is 0 Å². The van der Waals surface area contributed by atoms with E-state index in [-0.39, 0.29) is 5.41 Å². The molecule has 3 N–H and O–H groups in total. The largest absolute Gasteiger partial charge is 0.508 e. The Bertz CT molecular complexity index is 440. The molecule has 98 valence electrons. The van der Waals surface area contributed by atoms with Crippen LogP contribution in [0.3, 0.4) is 0 Å². The smallest absolute Gasteiger partial charge is 0.115 e. The topological polar surface area (TPSA) is 52.5 Å². The molecule has 3 heteroatoms. The number of aromatic hydroxyl groups is 1. The maximum Gasteiger partial charge on any atom is 0.115 e. The van der Waals surface area contributed by atoms with Crippen molar-refractivity contribution in [2.24, 2.45) is 5.41 Å². The van der Waals surface area contributed by atoms with Crippen LogP contribution >= 0.6 is 0 Å². The fourth-order valence-corrected chi connectivity index (χ4v) is 2.92. The molecule has 0 radical (unpaired) electrons. The first kappa shape index (κ1) is 12.0. The van der Waals surface area contributed by atoms with E-state index in [9.17, 15) is 10.2 Å². The summed E-state index contributed by atoms with van der Waals surface area (Å²) in [7, 11) is 0. The number of phenolic OH excluding ortho intramolecular Hbond substituents is 1. The van der Waals surface area contributed by atoms with Crippen molar-refractivity contribution in [2.75, 3.05) is 13.2 Å². The van der Waals surface area contributed by atoms with Crippen molar-refractivity contribution < 1.29 is 10.2 Å². The highest BCUT2D eigenvalue weighted by atomic mass is 16.3. The predicted molar refractivity (Wildman–Crippen MR) is 70.5 cm³/mol. The molecular weight excluding hydrogens is 226 g/mol. The number of nitrogens with one attached hydrogen (secondary N) is 1. The summed E-state index contributed by atoms with van der Waals surface area (Å²) in [4.78, 5) is 0. The lowest BCUT2D eigenvalue weighted by Crippen LogP contribution is -2.32. The summed E-state index contributed by atoms with van der Waals surface area (Å²) >= 11 is 0. The minimum Gasteiger partial charge on any atom is -0.508 e. The van der Waals surface area contributed by atoms with Gasteiger partial charge in [0.15, 0.2) is 0 Å². The first-order valence-corrected chi connectivity index (χ1v) is 6.88. The Labute approximate surface area is 108 Å². The molecule has 0 aromatic heterocycles. The van der Waals surface area contributed by atoms with E-state index in [4.69, 9.17) is 0 Å². The minimum absolute atomic E-state index is 0.161. The number of aliphatic hydroxyl groups is 1. The standard InChI is InChI=1S/C15H21NO2/c17-10-15(6-7-15)9-16-14-3-1-2-11-8-12(18)4-5-13(11)14/h4-5,8,14,16-18H,1-3,6-7,9-10H2. The van der Waals surface area contributed by atoms with Gasteiger partial charge >= 0.3 is 0 Å². The Hall–Kier alpha value is -1.06. The number of phenols is 1. The summed E-state index contributed by atoms with van der Waals surface area (Å²) in [5.41, 5.74) is 2.76. The Kier molecular flexibility index (Phi) is 3.04. The lowest BCUT2D eigenvalue weighted by Gasteiger charge is -2.28. The van der Waals surface area contributed by atoms with E-state index in [0.717, 1.165) is 32.2 Å². The summed E-state index contributed by atoms with van der Waals surface area (Å²) in [6, 6.07) is 6.10. The van der Waals surface area contributed by atoms with E-state index in [1.165, 1.54) is 17.5 Å². The molecule has 18 heavy (non-hydrogen) atoms. The third-order valence-corrected chi connectivity index (χ3v) is 4.46. The van der Waals surface area contributed by atoms with E-state index in [1.807, 2.05) is 12.1 Å². The highest BCUT2D eigenvalue weighted by molar-refractivity contribution is 5.38. The van der Waals surface area contributed by atoms with Gasteiger partial charge in [0, 0.05) is 24.6 Å². The summed E-state index contributed by atoms with van der Waals surface area (Å²) < 4.78 is 0. The van der Waals surface area contributed by atoms with Crippen molar-refractivity contribution in [2.45, 2.75) is 38.1 Å². The van der Waals surface area contributed by atoms with Crippen LogP contribution in [-0.4, -0.2) is 23.4 Å². The molecule has 0 heterocycles. The maximum atomic E-state index is 9.53. The fourth-order valence-electron chi connectivity index (χ4n) is 2.92. The second-order valence-corrected chi connectivity index (χ2v) is 5.87. The molecule has 1 fully saturated rings. The van der Waals surface area contributed by atoms with Crippen LogP contribution in [0.25, 0.3) is 0 Å². The summed E-state index contributed by atoms with van der Waals surface area (Å²) in [5.74, 6) is 0.364. The lowest BCUT2D eigenvalue weighted by atomic mass is 9.87. The average molecular weight is 247 g/mol. The molecule has 2 aliphatic rings. The van der Waals surface area contributed by atoms with Gasteiger partial charge in [-0.1, -0.05) is 6.07 Å². The molecule has 0 bridgehead atoms. The van der Waals surface area contributed by atoms with Crippen molar-refractivity contribution in [1.82, 2.24) is 5.32 Å². The quantitative estimate of drug-likeness (QED) is 0.764. The van der Waals surface area contributed by atoms with Crippen LogP contribution in [0.1, 0.15) is 42.9 Å². The summed E-state index contributed by atoms with van der Waals surface area (Å²) in [5, 5.41) is 22.5. The van der Waals surface area contributed by atoms with Gasteiger partial charge in [-0.15, -0.1) is 0 Å². The van der Waals surface area contributed by atoms with Gasteiger partial charge in [-0.25, -0.2) is 0 Å². The first-order valence-electron chi connectivity index (χ1n) is 6.88. The van der Waals surface area contributed by atoms with Crippen LogP contribution in [0.2, 0.25) is 0 Å². The lowest BCUT2D eigenvalue weighted by molar-refractivity contribution is 0.202. The molecule has 0 amide bonds. The number of aliphatic hydroxyl groups excluding tert-OH is 1. The Morgan fingerprint density at radius 3 is 2.89 bits per heavy atom. The monoisotopic (exact) mass is 247 g/mol. The first-order chi connectivity index (χ1) is 8.72. The van der Waals surface area contributed by atoms with Crippen molar-refractivity contribution in [3.05, 3.63) is 29.3 Å². The highest BCUT2D eigenvalue weighted by Gasteiger charge is 2.42. The summed E-state index contributed by atoms with van der Waals surface area (Å²) in [6.45, 7) is 1.21. The molecule has 0 aliphatic heterocycles. The van der Waals surface area contributed by atoms with Gasteiger partial charge in [0.2, 0.25) is 0 Å². The minimum atomic E-state index is 0.161. The highest BCUT2D eigenvalue weighted by Crippen LogP contribution is 2.45. The van der Waals surface area contributed by atoms with Gasteiger partial charge in [0.1, 0.15) is 5.75 Å². The number of hydrogen-bond acceptors (Lipinski definition) is 3. The Morgan fingerprint density at radius 1 is 1.33 bits per heavy atom. The molecule has 1 unspecified atom stereocenters. The zero-order chi connectivity index (χ0) is 12.6. The number of benzene rings is 1. The molecule has 1 atom stereocenters. The van der Waals surface area contributed by atoms with Crippen molar-refractivity contribution >= 4 is 0 Å². The molecule has 0 saturated heterocycles. The maximum absolute atomic E-state index is 9.53. The van der Waals surface area contributed by atoms with Crippen LogP contribution in [0, 0.1) is 5.41 Å². The van der Waals surface area contributed by atoms with Gasteiger partial charge in [-0.2, -0.15) is 0 Å². The van der Waals surface area contributed by atoms with Crippen molar-refractivity contribution in [1.29, 1.82) is 0 Å². The zero-order valence-electron chi connectivity index (χ0n) is 10.7. The molecule has 3 nitrogen and oxygen atoms in total. The van der Waals surface area contributed by atoms with E-state index in [2.05, 4.69) is 5.32 Å². The van der Waals surface area contributed by atoms with Gasteiger partial charge in [0.05, 0.1) is 0 Å². The summed E-state index contributed by atoms with van der Waals surface area (Å²) in [6.07, 6.45) is 5.67. The van der Waals surface area contributed by atoms with Crippen LogP contribution in [0.15, 0.2) is 18.2 Å². The Morgan fingerprint density at radius 2 is 2.17 bits per heavy atom. The molecular formula is C15H21NO2. The van der Waals surface area contributed by atoms with E-state index >= 15 is 0 Å². The second kappa shape index (κ2) is 4.56. The van der Waals surface area contributed by atoms with Crippen molar-refractivity contribution in [3.8, 4) is 5.75 Å². The Balaban J connectivity index is 1.71. The van der Waals surface area contributed by atoms with E-state index in [0.29, 0.717) is 18.4 Å². The van der Waals surface area contributed by atoms with Crippen molar-refractivity contribution in [3.63, 3.8) is 0 Å². The number of aryl methyl sites for hydroxylation is 1. The SMILES string of the molecule is OCC1(CNC2CCCc3cc(O)ccc32)CC1. The van der Waals surface area contributed by atoms with E-state index in [1.54, 1.807) is 6.07 Å². The third-order valence-electron chi connectivity index (χ3n) is 4.46. The molecule has 1 aromatic carbocycles. The average Bonchev–Trinajstić information content (AvgIpc) is 3.16. The second-order valence-electron chi connectivity index (χ2n) is 5.87. The third kappa shape index (κ3) is 2.25. The van der Waals surface area contributed by atoms with Gasteiger partial charge in [-0.3, -0.25) is 0 Å². The number of fused-ring (bicyclic) bond motifs is 1. The van der Waals surface area contributed by atoms with E-state index < -0.39 is 0 Å². The fraction of sp³-hybridized carbons (Fsp3) is 0.600. The molecule has 2 aliphatic carbocycles. The molecule has 1 aromatic rings. The van der Waals surface area contributed by atoms with Crippen LogP contribution < -0.4 is 5.32 Å².